The third-order valence-electron chi connectivity index (χ3n) is 6.22. The van der Waals surface area contributed by atoms with Gasteiger partial charge in [-0.1, -0.05) is 42.5 Å². The zero-order valence-corrected chi connectivity index (χ0v) is 18.6. The Bertz CT molecular complexity index is 1170. The molecule has 172 valence electrons. The van der Waals surface area contributed by atoms with Crippen LogP contribution in [0.4, 0.5) is 11.4 Å². The van der Waals surface area contributed by atoms with E-state index in [4.69, 9.17) is 4.74 Å². The van der Waals surface area contributed by atoms with E-state index in [9.17, 15) is 14.4 Å². The number of carbonyl (C=O) groups excluding carboxylic acids is 3. The summed E-state index contributed by atoms with van der Waals surface area (Å²) in [5.41, 5.74) is 3.18. The summed E-state index contributed by atoms with van der Waals surface area (Å²) in [6.45, 7) is 3.04. The lowest BCUT2D eigenvalue weighted by molar-refractivity contribution is -0.119. The molecule has 34 heavy (non-hydrogen) atoms. The monoisotopic (exact) mass is 455 g/mol. The van der Waals surface area contributed by atoms with Crippen LogP contribution in [0.1, 0.15) is 26.3 Å². The Kier molecular flexibility index (Phi) is 6.10. The van der Waals surface area contributed by atoms with Gasteiger partial charge >= 0.3 is 0 Å². The number of amides is 3. The fraction of sp³-hybridized carbons (Fsp3) is 0.222. The largest absolute Gasteiger partial charge is 0.378 e. The Morgan fingerprint density at radius 1 is 0.824 bits per heavy atom. The molecule has 0 aromatic heterocycles. The van der Waals surface area contributed by atoms with Crippen LogP contribution in [0.15, 0.2) is 78.9 Å². The number of imide groups is 1. The van der Waals surface area contributed by atoms with Crippen molar-refractivity contribution in [2.45, 2.75) is 12.5 Å². The zero-order chi connectivity index (χ0) is 23.5. The Balaban J connectivity index is 1.39. The minimum atomic E-state index is -0.978. The second-order valence-corrected chi connectivity index (χ2v) is 8.37. The Hall–Kier alpha value is -3.97. The first-order valence-corrected chi connectivity index (χ1v) is 11.4. The molecular weight excluding hydrogens is 430 g/mol. The van der Waals surface area contributed by atoms with Crippen molar-refractivity contribution >= 4 is 29.1 Å². The van der Waals surface area contributed by atoms with Gasteiger partial charge in [0.1, 0.15) is 6.04 Å². The highest BCUT2D eigenvalue weighted by Crippen LogP contribution is 2.27. The molecule has 7 nitrogen and oxygen atoms in total. The molecule has 1 unspecified atom stereocenters. The molecule has 3 aromatic carbocycles. The Labute approximate surface area is 197 Å². The summed E-state index contributed by atoms with van der Waals surface area (Å²) in [5, 5.41) is 2.91. The van der Waals surface area contributed by atoms with Crippen LogP contribution in [-0.4, -0.2) is 55.0 Å². The number of ether oxygens (including phenoxy) is 1. The Morgan fingerprint density at radius 2 is 1.41 bits per heavy atom. The molecule has 1 fully saturated rings. The fourth-order valence-corrected chi connectivity index (χ4v) is 4.43. The summed E-state index contributed by atoms with van der Waals surface area (Å²) in [7, 11) is 0. The number of morpholine rings is 1. The number of nitrogens with zero attached hydrogens (tertiary/aromatic N) is 2. The number of fused-ring (bicyclic) bond motifs is 1. The molecule has 2 aliphatic heterocycles. The van der Waals surface area contributed by atoms with Gasteiger partial charge in [0.25, 0.3) is 11.8 Å². The highest BCUT2D eigenvalue weighted by atomic mass is 16.5. The van der Waals surface area contributed by atoms with E-state index >= 15 is 0 Å². The van der Waals surface area contributed by atoms with Crippen molar-refractivity contribution in [1.82, 2.24) is 4.90 Å². The van der Waals surface area contributed by atoms with Crippen LogP contribution >= 0.6 is 0 Å². The Morgan fingerprint density at radius 3 is 2.03 bits per heavy atom. The summed E-state index contributed by atoms with van der Waals surface area (Å²) in [4.78, 5) is 43.0. The SMILES string of the molecule is O=C(Nc1ccc(N2CCOCC2)cc1)C(Cc1ccccc1)N1C(=O)c2ccccc2C1=O. The van der Waals surface area contributed by atoms with Crippen molar-refractivity contribution in [1.29, 1.82) is 0 Å². The van der Waals surface area contributed by atoms with E-state index in [-0.39, 0.29) is 6.42 Å². The van der Waals surface area contributed by atoms with Crippen molar-refractivity contribution in [2.24, 2.45) is 0 Å². The third kappa shape index (κ3) is 4.30. The van der Waals surface area contributed by atoms with Crippen molar-refractivity contribution < 1.29 is 19.1 Å². The molecule has 0 aliphatic carbocycles. The molecule has 1 N–H and O–H groups in total. The lowest BCUT2D eigenvalue weighted by Gasteiger charge is -2.29. The van der Waals surface area contributed by atoms with Gasteiger partial charge in [-0.15, -0.1) is 0 Å². The van der Waals surface area contributed by atoms with Gasteiger partial charge < -0.3 is 15.0 Å². The summed E-state index contributed by atoms with van der Waals surface area (Å²) >= 11 is 0. The second-order valence-electron chi connectivity index (χ2n) is 8.37. The number of hydrogen-bond acceptors (Lipinski definition) is 5. The van der Waals surface area contributed by atoms with Gasteiger partial charge in [0.05, 0.1) is 24.3 Å². The van der Waals surface area contributed by atoms with E-state index in [0.29, 0.717) is 30.0 Å². The van der Waals surface area contributed by atoms with Crippen molar-refractivity contribution in [2.75, 3.05) is 36.5 Å². The molecule has 0 spiro atoms. The van der Waals surface area contributed by atoms with Crippen molar-refractivity contribution in [3.63, 3.8) is 0 Å². The number of anilines is 2. The molecule has 3 aromatic rings. The molecule has 7 heteroatoms. The predicted octanol–water partition coefficient (Wildman–Crippen LogP) is 3.37. The van der Waals surface area contributed by atoms with Crippen LogP contribution in [-0.2, 0) is 16.0 Å². The molecule has 0 saturated carbocycles. The molecule has 0 bridgehead atoms. The maximum atomic E-state index is 13.4. The zero-order valence-electron chi connectivity index (χ0n) is 18.6. The number of hydrogen-bond donors (Lipinski definition) is 1. The molecule has 1 atom stereocenters. The molecule has 2 aliphatic rings. The van der Waals surface area contributed by atoms with E-state index in [2.05, 4.69) is 10.2 Å². The van der Waals surface area contributed by atoms with E-state index in [1.165, 1.54) is 0 Å². The minimum Gasteiger partial charge on any atom is -0.378 e. The number of benzene rings is 3. The molecule has 5 rings (SSSR count). The average Bonchev–Trinajstić information content (AvgIpc) is 3.14. The lowest BCUT2D eigenvalue weighted by Crippen LogP contribution is -2.48. The van der Waals surface area contributed by atoms with Crippen LogP contribution in [0.3, 0.4) is 0 Å². The number of nitrogens with one attached hydrogen (secondary N) is 1. The van der Waals surface area contributed by atoms with Crippen molar-refractivity contribution in [3.8, 4) is 0 Å². The quantitative estimate of drug-likeness (QED) is 0.577. The molecule has 1 saturated heterocycles. The minimum absolute atomic E-state index is 0.226. The first kappa shape index (κ1) is 21.9. The standard InChI is InChI=1S/C27H25N3O4/c31-25(28-20-10-12-21(13-11-20)29-14-16-34-17-15-29)24(18-19-6-2-1-3-7-19)30-26(32)22-8-4-5-9-23(22)27(30)33/h1-13,24H,14-18H2,(H,28,31). The molecule has 3 amide bonds. The summed E-state index contributed by atoms with van der Waals surface area (Å²) in [6, 6.07) is 22.7. The maximum absolute atomic E-state index is 13.4. The van der Waals surface area contributed by atoms with Crippen molar-refractivity contribution in [3.05, 3.63) is 95.6 Å². The van der Waals surface area contributed by atoms with E-state index in [1.807, 2.05) is 54.6 Å². The number of carbonyl (C=O) groups is 3. The van der Waals surface area contributed by atoms with Crippen LogP contribution in [0.2, 0.25) is 0 Å². The topological polar surface area (TPSA) is 79.0 Å². The molecular formula is C27H25N3O4. The van der Waals surface area contributed by atoms with Gasteiger partial charge in [-0.25, -0.2) is 0 Å². The molecule has 2 heterocycles. The summed E-state index contributed by atoms with van der Waals surface area (Å²) in [5.74, 6) is -1.30. The average molecular weight is 456 g/mol. The van der Waals surface area contributed by atoms with Gasteiger partial charge in [0.15, 0.2) is 0 Å². The fourth-order valence-electron chi connectivity index (χ4n) is 4.43. The van der Waals surface area contributed by atoms with Gasteiger partial charge in [-0.2, -0.15) is 0 Å². The second kappa shape index (κ2) is 9.49. The normalized spacial score (nSPS) is 16.4. The highest BCUT2D eigenvalue weighted by Gasteiger charge is 2.42. The maximum Gasteiger partial charge on any atom is 0.262 e. The summed E-state index contributed by atoms with van der Waals surface area (Å²) in [6.07, 6.45) is 0.226. The number of rotatable bonds is 6. The predicted molar refractivity (Wildman–Crippen MR) is 129 cm³/mol. The van der Waals surface area contributed by atoms with Crippen LogP contribution in [0.5, 0.6) is 0 Å². The highest BCUT2D eigenvalue weighted by molar-refractivity contribution is 6.23. The van der Waals surface area contributed by atoms with E-state index < -0.39 is 23.8 Å². The van der Waals surface area contributed by atoms with E-state index in [0.717, 1.165) is 29.2 Å². The first-order chi connectivity index (χ1) is 16.6. The van der Waals surface area contributed by atoms with E-state index in [1.54, 1.807) is 24.3 Å². The summed E-state index contributed by atoms with van der Waals surface area (Å²) < 4.78 is 5.40. The van der Waals surface area contributed by atoms with Gasteiger partial charge in [-0.05, 0) is 42.0 Å². The van der Waals surface area contributed by atoms with Gasteiger partial charge in [0.2, 0.25) is 5.91 Å². The van der Waals surface area contributed by atoms with Gasteiger partial charge in [0, 0.05) is 30.9 Å². The first-order valence-electron chi connectivity index (χ1n) is 11.4. The third-order valence-corrected chi connectivity index (χ3v) is 6.22. The van der Waals surface area contributed by atoms with Crippen LogP contribution < -0.4 is 10.2 Å². The van der Waals surface area contributed by atoms with Gasteiger partial charge in [-0.3, -0.25) is 19.3 Å². The smallest absolute Gasteiger partial charge is 0.262 e. The molecule has 0 radical (unpaired) electrons. The van der Waals surface area contributed by atoms with Crippen LogP contribution in [0.25, 0.3) is 0 Å². The van der Waals surface area contributed by atoms with Crippen LogP contribution in [0, 0.1) is 0 Å². The lowest BCUT2D eigenvalue weighted by atomic mass is 10.0.